The van der Waals surface area contributed by atoms with E-state index in [4.69, 9.17) is 11.6 Å². The molecule has 2 saturated heterocycles. The molecule has 2 aliphatic heterocycles. The van der Waals surface area contributed by atoms with Crippen molar-refractivity contribution in [3.05, 3.63) is 28.8 Å². The maximum Gasteiger partial charge on any atom is 0.417 e. The SMILES string of the molecule is CC(=O)N=C1S[C@H]2CS(=O)(=O)C[C@H]2N1c1ccc(Cl)c(C(F)(F)F)c1. The van der Waals surface area contributed by atoms with Gasteiger partial charge in [-0.05, 0) is 18.2 Å². The lowest BCUT2D eigenvalue weighted by molar-refractivity contribution is -0.137. The molecule has 3 rings (SSSR count). The van der Waals surface area contributed by atoms with Gasteiger partial charge in [-0.3, -0.25) is 4.79 Å². The van der Waals surface area contributed by atoms with Gasteiger partial charge in [0.05, 0.1) is 28.1 Å². The van der Waals surface area contributed by atoms with Crippen LogP contribution < -0.4 is 4.90 Å². The zero-order chi connectivity index (χ0) is 18.6. The molecule has 2 heterocycles. The third-order valence-corrected chi connectivity index (χ3v) is 7.39. The third kappa shape index (κ3) is 3.65. The Bertz CT molecular complexity index is 871. The summed E-state index contributed by atoms with van der Waals surface area (Å²) in [6, 6.07) is 2.75. The van der Waals surface area contributed by atoms with Gasteiger partial charge in [-0.25, -0.2) is 8.42 Å². The van der Waals surface area contributed by atoms with Crippen LogP contribution in [0.2, 0.25) is 5.02 Å². The number of halogens is 4. The lowest BCUT2D eigenvalue weighted by Gasteiger charge is -2.25. The molecule has 11 heteroatoms. The Balaban J connectivity index is 2.10. The minimum Gasteiger partial charge on any atom is -0.316 e. The van der Waals surface area contributed by atoms with Gasteiger partial charge < -0.3 is 4.90 Å². The number of alkyl halides is 3. The van der Waals surface area contributed by atoms with Gasteiger partial charge in [0.15, 0.2) is 15.0 Å². The Kier molecular flexibility index (Phi) is 4.57. The Hall–Kier alpha value is -1.26. The molecule has 0 unspecified atom stereocenters. The molecule has 2 fully saturated rings. The summed E-state index contributed by atoms with van der Waals surface area (Å²) in [5.74, 6) is -0.818. The van der Waals surface area contributed by atoms with Crippen LogP contribution in [-0.4, -0.2) is 42.3 Å². The molecule has 0 aliphatic carbocycles. The second kappa shape index (κ2) is 6.17. The van der Waals surface area contributed by atoms with E-state index >= 15 is 0 Å². The summed E-state index contributed by atoms with van der Waals surface area (Å²) in [6.07, 6.45) is -4.65. The number of benzene rings is 1. The van der Waals surface area contributed by atoms with Crippen molar-refractivity contribution in [3.8, 4) is 0 Å². The summed E-state index contributed by atoms with van der Waals surface area (Å²) >= 11 is 6.73. The van der Waals surface area contributed by atoms with E-state index in [9.17, 15) is 26.4 Å². The number of hydrogen-bond donors (Lipinski definition) is 0. The van der Waals surface area contributed by atoms with Gasteiger partial charge in [-0.2, -0.15) is 18.2 Å². The molecule has 1 aromatic carbocycles. The van der Waals surface area contributed by atoms with Crippen LogP contribution in [0.5, 0.6) is 0 Å². The van der Waals surface area contributed by atoms with Crippen molar-refractivity contribution >= 4 is 50.0 Å². The smallest absolute Gasteiger partial charge is 0.316 e. The van der Waals surface area contributed by atoms with Gasteiger partial charge in [0.1, 0.15) is 0 Å². The first-order valence-electron chi connectivity index (χ1n) is 7.10. The number of aliphatic imine (C=N–C) groups is 1. The van der Waals surface area contributed by atoms with E-state index in [0.29, 0.717) is 0 Å². The number of carbonyl (C=O) groups excluding carboxylic acids is 1. The van der Waals surface area contributed by atoms with Gasteiger partial charge in [-0.15, -0.1) is 0 Å². The summed E-state index contributed by atoms with van der Waals surface area (Å²) in [4.78, 5) is 16.6. The molecule has 1 aromatic rings. The number of thioether (sulfide) groups is 1. The second-order valence-electron chi connectivity index (χ2n) is 5.75. The van der Waals surface area contributed by atoms with E-state index in [1.807, 2.05) is 0 Å². The average Bonchev–Trinajstić information content (AvgIpc) is 2.88. The predicted molar refractivity (Wildman–Crippen MR) is 90.9 cm³/mol. The Morgan fingerprint density at radius 2 is 2.04 bits per heavy atom. The van der Waals surface area contributed by atoms with Crippen LogP contribution in [0, 0.1) is 0 Å². The predicted octanol–water partition coefficient (Wildman–Crippen LogP) is 2.98. The molecule has 0 bridgehead atoms. The molecule has 0 spiro atoms. The van der Waals surface area contributed by atoms with Gasteiger partial charge in [0, 0.05) is 17.9 Å². The highest BCUT2D eigenvalue weighted by molar-refractivity contribution is 8.16. The highest BCUT2D eigenvalue weighted by Gasteiger charge is 2.49. The van der Waals surface area contributed by atoms with Crippen LogP contribution in [0.15, 0.2) is 23.2 Å². The van der Waals surface area contributed by atoms with Crippen molar-refractivity contribution in [2.24, 2.45) is 4.99 Å². The minimum absolute atomic E-state index is 0.102. The number of nitrogens with zero attached hydrogens (tertiary/aromatic N) is 2. The van der Waals surface area contributed by atoms with E-state index in [1.165, 1.54) is 17.9 Å². The first-order valence-corrected chi connectivity index (χ1v) is 10.2. The summed E-state index contributed by atoms with van der Waals surface area (Å²) in [7, 11) is -3.30. The monoisotopic (exact) mass is 412 g/mol. The van der Waals surface area contributed by atoms with Crippen molar-refractivity contribution in [3.63, 3.8) is 0 Å². The third-order valence-electron chi connectivity index (χ3n) is 3.85. The first-order chi connectivity index (χ1) is 11.5. The van der Waals surface area contributed by atoms with Crippen molar-refractivity contribution in [1.29, 1.82) is 0 Å². The lowest BCUT2D eigenvalue weighted by Crippen LogP contribution is -2.37. The maximum absolute atomic E-state index is 13.1. The molecular weight excluding hydrogens is 401 g/mol. The molecule has 0 N–H and O–H groups in total. The quantitative estimate of drug-likeness (QED) is 0.709. The van der Waals surface area contributed by atoms with Gasteiger partial charge in [0.2, 0.25) is 5.91 Å². The fraction of sp³-hybridized carbons (Fsp3) is 0.429. The maximum atomic E-state index is 13.1. The van der Waals surface area contributed by atoms with Crippen molar-refractivity contribution < 1.29 is 26.4 Å². The number of amidine groups is 1. The highest BCUT2D eigenvalue weighted by Crippen LogP contribution is 2.43. The van der Waals surface area contributed by atoms with Gasteiger partial charge in [0.25, 0.3) is 0 Å². The van der Waals surface area contributed by atoms with Crippen LogP contribution in [0.25, 0.3) is 0 Å². The first kappa shape index (κ1) is 18.5. The summed E-state index contributed by atoms with van der Waals surface area (Å²) in [6.45, 7) is 1.22. The molecule has 0 saturated carbocycles. The zero-order valence-corrected chi connectivity index (χ0v) is 15.1. The van der Waals surface area contributed by atoms with Crippen LogP contribution >= 0.6 is 23.4 Å². The van der Waals surface area contributed by atoms with Crippen LogP contribution in [-0.2, 0) is 20.8 Å². The number of amides is 1. The average molecular weight is 413 g/mol. The Morgan fingerprint density at radius 1 is 1.36 bits per heavy atom. The number of anilines is 1. The number of rotatable bonds is 1. The lowest BCUT2D eigenvalue weighted by atomic mass is 10.1. The second-order valence-corrected chi connectivity index (χ2v) is 9.51. The summed E-state index contributed by atoms with van der Waals surface area (Å²) in [5.41, 5.74) is -0.919. The van der Waals surface area contributed by atoms with Crippen LogP contribution in [0.1, 0.15) is 12.5 Å². The molecular formula is C14H12ClF3N2O3S2. The van der Waals surface area contributed by atoms with Crippen LogP contribution in [0.4, 0.5) is 18.9 Å². The Morgan fingerprint density at radius 3 is 2.64 bits per heavy atom. The summed E-state index contributed by atoms with van der Waals surface area (Å²) in [5, 5.41) is -0.635. The van der Waals surface area contributed by atoms with Crippen molar-refractivity contribution in [1.82, 2.24) is 0 Å². The van der Waals surface area contributed by atoms with E-state index in [1.54, 1.807) is 0 Å². The molecule has 2 aliphatic rings. The largest absolute Gasteiger partial charge is 0.417 e. The van der Waals surface area contributed by atoms with Crippen molar-refractivity contribution in [2.75, 3.05) is 16.4 Å². The van der Waals surface area contributed by atoms with Gasteiger partial charge in [-0.1, -0.05) is 23.4 Å². The molecule has 136 valence electrons. The van der Waals surface area contributed by atoms with E-state index in [2.05, 4.69) is 4.99 Å². The fourth-order valence-corrected chi connectivity index (χ4v) is 7.06. The van der Waals surface area contributed by atoms with E-state index < -0.39 is 38.5 Å². The highest BCUT2D eigenvalue weighted by atomic mass is 35.5. The minimum atomic E-state index is -4.65. The van der Waals surface area contributed by atoms with Crippen LogP contribution in [0.3, 0.4) is 0 Å². The molecule has 5 nitrogen and oxygen atoms in total. The number of carbonyl (C=O) groups is 1. The summed E-state index contributed by atoms with van der Waals surface area (Å²) < 4.78 is 63.1. The topological polar surface area (TPSA) is 66.8 Å². The normalized spacial score (nSPS) is 26.9. The molecule has 25 heavy (non-hydrogen) atoms. The number of sulfone groups is 1. The van der Waals surface area contributed by atoms with E-state index in [0.717, 1.165) is 23.9 Å². The molecule has 0 aromatic heterocycles. The number of fused-ring (bicyclic) bond motifs is 1. The Labute approximate surface area is 151 Å². The molecule has 0 radical (unpaired) electrons. The zero-order valence-electron chi connectivity index (χ0n) is 12.7. The standard InChI is InChI=1S/C14H12ClF3N2O3S2/c1-7(21)19-13-20(11-5-25(22,23)6-12(11)24-13)8-2-3-10(15)9(4-8)14(16,17)18/h2-4,11-12H,5-6H2,1H3/t11-,12+/m1/s1. The molecule has 2 atom stereocenters. The van der Waals surface area contributed by atoms with Gasteiger partial charge >= 0.3 is 6.18 Å². The molecule has 1 amide bonds. The number of hydrogen-bond acceptors (Lipinski definition) is 4. The van der Waals surface area contributed by atoms with E-state index in [-0.39, 0.29) is 27.6 Å². The van der Waals surface area contributed by atoms with Crippen molar-refractivity contribution in [2.45, 2.75) is 24.4 Å². The fourth-order valence-electron chi connectivity index (χ4n) is 2.88.